The molecule has 0 heterocycles. The average Bonchev–Trinajstić information content (AvgIpc) is 1.25. The molecule has 0 atom stereocenters. The van der Waals surface area contributed by atoms with Crippen molar-refractivity contribution in [1.82, 2.24) is 0 Å². The zero-order valence-electron chi connectivity index (χ0n) is 5.20. The molecule has 0 spiro atoms. The SMILES string of the molecule is C[Si](C)(C)[C](Cl)(Cl)[Ta]. The van der Waals surface area contributed by atoms with Gasteiger partial charge in [-0.2, -0.15) is 0 Å². The first-order chi connectivity index (χ1) is 3.25. The van der Waals surface area contributed by atoms with Gasteiger partial charge in [-0.25, -0.2) is 0 Å². The molecule has 0 amide bonds. The number of hydrogen-bond donors (Lipinski definition) is 0. The average molecular weight is 337 g/mol. The molecular weight excluding hydrogens is 328 g/mol. The molecule has 0 aliphatic heterocycles. The van der Waals surface area contributed by atoms with Crippen LogP contribution in [0.25, 0.3) is 0 Å². The fourth-order valence-electron chi connectivity index (χ4n) is 0. The Hall–Kier alpha value is 1.54. The van der Waals surface area contributed by atoms with E-state index in [-0.39, 0.29) is 2.17 Å². The van der Waals surface area contributed by atoms with Crippen LogP contribution in [0.3, 0.4) is 0 Å². The van der Waals surface area contributed by atoms with Gasteiger partial charge in [-0.3, -0.25) is 0 Å². The predicted molar refractivity (Wildman–Crippen MR) is 37.8 cm³/mol. The molecule has 0 fully saturated rings. The van der Waals surface area contributed by atoms with E-state index in [2.05, 4.69) is 19.6 Å². The summed E-state index contributed by atoms with van der Waals surface area (Å²) < 4.78 is -0.368. The van der Waals surface area contributed by atoms with Gasteiger partial charge in [0.15, 0.2) is 0 Å². The van der Waals surface area contributed by atoms with Gasteiger partial charge in [0.1, 0.15) is 0 Å². The van der Waals surface area contributed by atoms with Gasteiger partial charge in [0.05, 0.1) is 0 Å². The first-order valence-corrected chi connectivity index (χ1v) is 8.21. The van der Waals surface area contributed by atoms with Gasteiger partial charge in [0.25, 0.3) is 0 Å². The van der Waals surface area contributed by atoms with Crippen LogP contribution in [0.5, 0.6) is 0 Å². The normalized spacial score (nSPS) is 14.1. The standard InChI is InChI=1S/C4H9Cl2Si.Ta/c1-7(2,3)4(5)6;/h1-3H3;. The Morgan fingerprint density at radius 1 is 1.25 bits per heavy atom. The van der Waals surface area contributed by atoms with Crippen molar-refractivity contribution < 1.29 is 21.1 Å². The minimum absolute atomic E-state index is 0.368. The van der Waals surface area contributed by atoms with E-state index in [9.17, 15) is 0 Å². The monoisotopic (exact) mass is 336 g/mol. The quantitative estimate of drug-likeness (QED) is 0.510. The molecule has 0 aromatic carbocycles. The first-order valence-electron chi connectivity index (χ1n) is 2.35. The molecular formula is C4H9Cl2SiTa. The third-order valence-corrected chi connectivity index (χ3v) is 13.3. The Labute approximate surface area is 73.9 Å². The van der Waals surface area contributed by atoms with Crippen LogP contribution in [0.2, 0.25) is 19.6 Å². The van der Waals surface area contributed by atoms with E-state index < -0.39 is 8.07 Å². The summed E-state index contributed by atoms with van der Waals surface area (Å²) in [5.74, 6) is 0. The van der Waals surface area contributed by atoms with Gasteiger partial charge in [-0.1, -0.05) is 0 Å². The van der Waals surface area contributed by atoms with Gasteiger partial charge in [0.2, 0.25) is 0 Å². The van der Waals surface area contributed by atoms with E-state index in [1.807, 2.05) is 0 Å². The van der Waals surface area contributed by atoms with Crippen LogP contribution in [-0.4, -0.2) is 10.2 Å². The maximum absolute atomic E-state index is 5.89. The van der Waals surface area contributed by atoms with Crippen molar-refractivity contribution in [3.05, 3.63) is 0 Å². The molecule has 0 rings (SSSR count). The zero-order valence-corrected chi connectivity index (χ0v) is 10.9. The maximum atomic E-state index is 5.89. The van der Waals surface area contributed by atoms with Crippen LogP contribution >= 0.6 is 23.2 Å². The fourth-order valence-corrected chi connectivity index (χ4v) is 0. The zero-order chi connectivity index (χ0) is 7.00. The van der Waals surface area contributed by atoms with Gasteiger partial charge >= 0.3 is 74.2 Å². The molecule has 4 heteroatoms. The second-order valence-electron chi connectivity index (χ2n) is 2.79. The van der Waals surface area contributed by atoms with Crippen LogP contribution in [0.15, 0.2) is 0 Å². The Kier molecular flexibility index (Phi) is 3.16. The van der Waals surface area contributed by atoms with Crippen LogP contribution < -0.4 is 0 Å². The molecule has 0 aliphatic carbocycles. The summed E-state index contributed by atoms with van der Waals surface area (Å²) in [5.41, 5.74) is 0. The Balaban J connectivity index is 4.02. The number of alkyl halides is 2. The van der Waals surface area contributed by atoms with Crippen molar-refractivity contribution >= 4 is 31.3 Å². The van der Waals surface area contributed by atoms with Crippen molar-refractivity contribution in [2.45, 2.75) is 21.8 Å². The van der Waals surface area contributed by atoms with E-state index >= 15 is 0 Å². The molecule has 48 valence electrons. The van der Waals surface area contributed by atoms with Crippen LogP contribution in [0.4, 0.5) is 0 Å². The van der Waals surface area contributed by atoms with E-state index in [4.69, 9.17) is 23.2 Å². The van der Waals surface area contributed by atoms with Crippen molar-refractivity contribution in [3.8, 4) is 0 Å². The Morgan fingerprint density at radius 2 is 1.38 bits per heavy atom. The summed E-state index contributed by atoms with van der Waals surface area (Å²) in [4.78, 5) is 0. The number of halogens is 2. The third-order valence-electron chi connectivity index (χ3n) is 0.902. The Bertz CT molecular complexity index is 69.0. The molecule has 0 N–H and O–H groups in total. The summed E-state index contributed by atoms with van der Waals surface area (Å²) in [5, 5.41) is 0. The molecule has 0 radical (unpaired) electrons. The minimum atomic E-state index is -1.28. The summed E-state index contributed by atoms with van der Waals surface area (Å²) >= 11 is 12.8. The summed E-state index contributed by atoms with van der Waals surface area (Å²) in [7, 11) is -1.28. The molecule has 0 aromatic heterocycles. The van der Waals surface area contributed by atoms with Gasteiger partial charge in [-0.15, -0.1) is 0 Å². The fraction of sp³-hybridized carbons (Fsp3) is 1.00. The first kappa shape index (κ1) is 9.54. The summed E-state index contributed by atoms with van der Waals surface area (Å²) in [6.45, 7) is 6.52. The van der Waals surface area contributed by atoms with Crippen molar-refractivity contribution in [1.29, 1.82) is 0 Å². The second kappa shape index (κ2) is 2.65. The Morgan fingerprint density at radius 3 is 1.38 bits per heavy atom. The summed E-state index contributed by atoms with van der Waals surface area (Å²) in [6, 6.07) is 0. The van der Waals surface area contributed by atoms with E-state index in [1.54, 1.807) is 0 Å². The van der Waals surface area contributed by atoms with Crippen LogP contribution in [0.1, 0.15) is 0 Å². The van der Waals surface area contributed by atoms with Crippen molar-refractivity contribution in [2.24, 2.45) is 0 Å². The van der Waals surface area contributed by atoms with E-state index in [0.29, 0.717) is 0 Å². The topological polar surface area (TPSA) is 0 Å². The van der Waals surface area contributed by atoms with E-state index in [1.165, 1.54) is 0 Å². The van der Waals surface area contributed by atoms with E-state index in [0.717, 1.165) is 21.1 Å². The molecule has 8 heavy (non-hydrogen) atoms. The molecule has 0 saturated carbocycles. The second-order valence-corrected chi connectivity index (χ2v) is 16.0. The van der Waals surface area contributed by atoms with Gasteiger partial charge in [-0.05, 0) is 0 Å². The van der Waals surface area contributed by atoms with Crippen LogP contribution in [0, 0.1) is 0 Å². The van der Waals surface area contributed by atoms with Gasteiger partial charge < -0.3 is 0 Å². The molecule has 0 nitrogen and oxygen atoms in total. The third kappa shape index (κ3) is 2.90. The van der Waals surface area contributed by atoms with Crippen molar-refractivity contribution in [3.63, 3.8) is 0 Å². The molecule has 0 bridgehead atoms. The number of hydrogen-bond acceptors (Lipinski definition) is 0. The number of rotatable bonds is 1. The van der Waals surface area contributed by atoms with Crippen LogP contribution in [-0.2, 0) is 21.1 Å². The van der Waals surface area contributed by atoms with Gasteiger partial charge in [0, 0.05) is 0 Å². The predicted octanol–water partition coefficient (Wildman–Crippen LogP) is 2.54. The molecule has 0 unspecified atom stereocenters. The molecule has 0 aromatic rings. The van der Waals surface area contributed by atoms with Crippen molar-refractivity contribution in [2.75, 3.05) is 0 Å². The molecule has 0 aliphatic rings. The molecule has 0 saturated heterocycles. The summed E-state index contributed by atoms with van der Waals surface area (Å²) in [6.07, 6.45) is 0.